The number of nitrogens with one attached hydrogen (secondary N) is 1. The van der Waals surface area contributed by atoms with E-state index in [1.165, 1.54) is 0 Å². The molecule has 20 heavy (non-hydrogen) atoms. The first-order chi connectivity index (χ1) is 9.19. The summed E-state index contributed by atoms with van der Waals surface area (Å²) in [5.41, 5.74) is 0.958. The summed E-state index contributed by atoms with van der Waals surface area (Å²) < 4.78 is 5.14. The lowest BCUT2D eigenvalue weighted by molar-refractivity contribution is -0.484. The third kappa shape index (κ3) is 5.26. The fraction of sp³-hybridized carbons (Fsp3) is 0.500. The summed E-state index contributed by atoms with van der Waals surface area (Å²) >= 11 is 0. The van der Waals surface area contributed by atoms with Crippen molar-refractivity contribution < 1.29 is 14.5 Å². The Morgan fingerprint density at radius 1 is 1.40 bits per heavy atom. The molecule has 0 bridgehead atoms. The number of amides is 1. The fourth-order valence-electron chi connectivity index (χ4n) is 1.80. The van der Waals surface area contributed by atoms with Crippen molar-refractivity contribution in [3.63, 3.8) is 0 Å². The predicted octanol–water partition coefficient (Wildman–Crippen LogP) is 2.84. The standard InChI is InChI=1S/C14H20N2O4/c1-10-7-5-6-8-11(10)12(9-16(18)19)15-13(17)20-14(2,3)4/h5-8,12H,9H2,1-4H3,(H,15,17). The van der Waals surface area contributed by atoms with Crippen molar-refractivity contribution in [3.8, 4) is 0 Å². The molecule has 1 aromatic carbocycles. The topological polar surface area (TPSA) is 81.5 Å². The number of aryl methyl sites for hydroxylation is 1. The van der Waals surface area contributed by atoms with Gasteiger partial charge in [0.05, 0.1) is 0 Å². The van der Waals surface area contributed by atoms with Gasteiger partial charge in [0.2, 0.25) is 6.54 Å². The number of carbonyl (C=O) groups excluding carboxylic acids is 1. The van der Waals surface area contributed by atoms with Crippen molar-refractivity contribution in [1.29, 1.82) is 0 Å². The van der Waals surface area contributed by atoms with Gasteiger partial charge in [0.25, 0.3) is 0 Å². The van der Waals surface area contributed by atoms with E-state index in [1.807, 2.05) is 19.1 Å². The molecule has 0 radical (unpaired) electrons. The predicted molar refractivity (Wildman–Crippen MR) is 75.2 cm³/mol. The summed E-state index contributed by atoms with van der Waals surface area (Å²) in [4.78, 5) is 22.1. The lowest BCUT2D eigenvalue weighted by Crippen LogP contribution is -2.37. The Bertz CT molecular complexity index is 494. The minimum absolute atomic E-state index is 0.385. The van der Waals surface area contributed by atoms with Crippen LogP contribution in [0.3, 0.4) is 0 Å². The molecular weight excluding hydrogens is 260 g/mol. The van der Waals surface area contributed by atoms with Crippen LogP contribution < -0.4 is 5.32 Å². The number of ether oxygens (including phenoxy) is 1. The summed E-state index contributed by atoms with van der Waals surface area (Å²) in [6.45, 7) is 6.68. The number of nitro groups is 1. The van der Waals surface area contributed by atoms with Crippen LogP contribution in [0, 0.1) is 17.0 Å². The number of hydrogen-bond acceptors (Lipinski definition) is 4. The summed E-state index contributed by atoms with van der Waals surface area (Å²) in [6, 6.07) is 6.53. The second-order valence-electron chi connectivity index (χ2n) is 5.57. The Hall–Kier alpha value is -2.11. The molecule has 0 aromatic heterocycles. The molecule has 110 valence electrons. The molecule has 0 aliphatic heterocycles. The number of benzene rings is 1. The summed E-state index contributed by atoms with van der Waals surface area (Å²) in [5.74, 6) is 0. The first-order valence-electron chi connectivity index (χ1n) is 6.36. The zero-order chi connectivity index (χ0) is 15.3. The number of nitrogens with zero attached hydrogens (tertiary/aromatic N) is 1. The molecule has 1 atom stereocenters. The van der Waals surface area contributed by atoms with Crippen LogP contribution in [-0.4, -0.2) is 23.2 Å². The summed E-state index contributed by atoms with van der Waals surface area (Å²) in [7, 11) is 0. The van der Waals surface area contributed by atoms with Crippen LogP contribution in [0.15, 0.2) is 24.3 Å². The number of hydrogen-bond donors (Lipinski definition) is 1. The number of carbonyl (C=O) groups is 1. The number of alkyl carbamates (subject to hydrolysis) is 1. The highest BCUT2D eigenvalue weighted by Gasteiger charge is 2.24. The molecule has 0 spiro atoms. The van der Waals surface area contributed by atoms with Crippen molar-refractivity contribution in [1.82, 2.24) is 5.32 Å². The van der Waals surface area contributed by atoms with Gasteiger partial charge in [0, 0.05) is 4.92 Å². The zero-order valence-electron chi connectivity index (χ0n) is 12.2. The van der Waals surface area contributed by atoms with Crippen molar-refractivity contribution in [3.05, 3.63) is 45.5 Å². The van der Waals surface area contributed by atoms with E-state index in [2.05, 4.69) is 5.32 Å². The van der Waals surface area contributed by atoms with E-state index < -0.39 is 22.7 Å². The highest BCUT2D eigenvalue weighted by molar-refractivity contribution is 5.68. The van der Waals surface area contributed by atoms with Crippen molar-refractivity contribution in [2.24, 2.45) is 0 Å². The molecule has 6 heteroatoms. The Morgan fingerprint density at radius 3 is 2.50 bits per heavy atom. The van der Waals surface area contributed by atoms with E-state index in [9.17, 15) is 14.9 Å². The van der Waals surface area contributed by atoms with Crippen molar-refractivity contribution in [2.75, 3.05) is 6.54 Å². The maximum Gasteiger partial charge on any atom is 0.408 e. The van der Waals surface area contributed by atoms with Gasteiger partial charge in [0.1, 0.15) is 11.6 Å². The lowest BCUT2D eigenvalue weighted by Gasteiger charge is -2.23. The van der Waals surface area contributed by atoms with Gasteiger partial charge in [-0.2, -0.15) is 0 Å². The van der Waals surface area contributed by atoms with Gasteiger partial charge in [-0.1, -0.05) is 24.3 Å². The van der Waals surface area contributed by atoms with Crippen LogP contribution >= 0.6 is 0 Å². The molecule has 0 aliphatic rings. The second kappa shape index (κ2) is 6.36. The van der Waals surface area contributed by atoms with E-state index in [1.54, 1.807) is 32.9 Å². The molecular formula is C14H20N2O4. The van der Waals surface area contributed by atoms with E-state index in [0.29, 0.717) is 0 Å². The lowest BCUT2D eigenvalue weighted by atomic mass is 10.0. The minimum atomic E-state index is -0.707. The molecule has 1 amide bonds. The summed E-state index contributed by atoms with van der Waals surface area (Å²) in [5, 5.41) is 13.3. The van der Waals surface area contributed by atoms with Crippen LogP contribution in [-0.2, 0) is 4.74 Å². The quantitative estimate of drug-likeness (QED) is 0.679. The van der Waals surface area contributed by atoms with Crippen LogP contribution in [0.5, 0.6) is 0 Å². The maximum absolute atomic E-state index is 11.8. The molecule has 0 saturated heterocycles. The van der Waals surface area contributed by atoms with Gasteiger partial charge < -0.3 is 10.1 Å². The van der Waals surface area contributed by atoms with E-state index in [0.717, 1.165) is 11.1 Å². The van der Waals surface area contributed by atoms with Gasteiger partial charge in [0.15, 0.2) is 0 Å². The molecule has 1 unspecified atom stereocenters. The van der Waals surface area contributed by atoms with E-state index in [-0.39, 0.29) is 6.54 Å². The fourth-order valence-corrected chi connectivity index (χ4v) is 1.80. The smallest absolute Gasteiger partial charge is 0.408 e. The SMILES string of the molecule is Cc1ccccc1C(C[N+](=O)[O-])NC(=O)OC(C)(C)C. The molecule has 1 N–H and O–H groups in total. The first kappa shape index (κ1) is 15.9. The van der Waals surface area contributed by atoms with Crippen molar-refractivity contribution in [2.45, 2.75) is 39.3 Å². The highest BCUT2D eigenvalue weighted by Crippen LogP contribution is 2.18. The van der Waals surface area contributed by atoms with Crippen LogP contribution in [0.4, 0.5) is 4.79 Å². The molecule has 1 rings (SSSR count). The first-order valence-corrected chi connectivity index (χ1v) is 6.36. The van der Waals surface area contributed by atoms with Crippen LogP contribution in [0.2, 0.25) is 0 Å². The molecule has 0 fully saturated rings. The van der Waals surface area contributed by atoms with Crippen LogP contribution in [0.25, 0.3) is 0 Å². The zero-order valence-corrected chi connectivity index (χ0v) is 12.2. The minimum Gasteiger partial charge on any atom is -0.444 e. The Labute approximate surface area is 118 Å². The van der Waals surface area contributed by atoms with Crippen LogP contribution in [0.1, 0.15) is 37.9 Å². The molecule has 0 aliphatic carbocycles. The molecule has 6 nitrogen and oxygen atoms in total. The normalized spacial score (nSPS) is 12.6. The highest BCUT2D eigenvalue weighted by atomic mass is 16.6. The third-order valence-corrected chi connectivity index (χ3v) is 2.59. The molecule has 0 heterocycles. The molecule has 1 aromatic rings. The maximum atomic E-state index is 11.8. The summed E-state index contributed by atoms with van der Waals surface area (Å²) in [6.07, 6.45) is -0.660. The Balaban J connectivity index is 2.88. The third-order valence-electron chi connectivity index (χ3n) is 2.59. The van der Waals surface area contributed by atoms with Gasteiger partial charge in [-0.05, 0) is 38.8 Å². The average Bonchev–Trinajstić information content (AvgIpc) is 2.25. The van der Waals surface area contributed by atoms with Gasteiger partial charge in [-0.25, -0.2) is 4.79 Å². The average molecular weight is 280 g/mol. The van der Waals surface area contributed by atoms with Crippen molar-refractivity contribution >= 4 is 6.09 Å². The Kier molecular flexibility index (Phi) is 5.07. The van der Waals surface area contributed by atoms with Gasteiger partial charge in [-0.15, -0.1) is 0 Å². The second-order valence-corrected chi connectivity index (χ2v) is 5.57. The monoisotopic (exact) mass is 280 g/mol. The number of rotatable bonds is 4. The Morgan fingerprint density at radius 2 is 2.00 bits per heavy atom. The largest absolute Gasteiger partial charge is 0.444 e. The van der Waals surface area contributed by atoms with E-state index >= 15 is 0 Å². The van der Waals surface area contributed by atoms with Gasteiger partial charge in [-0.3, -0.25) is 10.1 Å². The van der Waals surface area contributed by atoms with E-state index in [4.69, 9.17) is 4.74 Å². The van der Waals surface area contributed by atoms with Gasteiger partial charge >= 0.3 is 6.09 Å². The molecule has 0 saturated carbocycles.